The molecule has 0 aromatic carbocycles. The van der Waals surface area contributed by atoms with Crippen molar-refractivity contribution in [1.29, 1.82) is 0 Å². The van der Waals surface area contributed by atoms with E-state index in [1.165, 1.54) is 12.8 Å². The van der Waals surface area contributed by atoms with Gasteiger partial charge in [-0.3, -0.25) is 4.99 Å². The molecule has 3 unspecified atom stereocenters. The number of fused-ring (bicyclic) bond motifs is 1. The molecule has 0 aromatic rings. The van der Waals surface area contributed by atoms with Crippen LogP contribution in [0.3, 0.4) is 0 Å². The Morgan fingerprint density at radius 3 is 3.20 bits per heavy atom. The summed E-state index contributed by atoms with van der Waals surface area (Å²) in [6.45, 7) is 5.21. The number of nitrogens with one attached hydrogen (secondary N) is 1. The predicted octanol–water partition coefficient (Wildman–Crippen LogP) is 0.587. The van der Waals surface area contributed by atoms with Crippen molar-refractivity contribution in [2.45, 2.75) is 44.4 Å². The van der Waals surface area contributed by atoms with E-state index in [1.807, 2.05) is 0 Å². The van der Waals surface area contributed by atoms with E-state index in [4.69, 9.17) is 4.74 Å². The second-order valence-electron chi connectivity index (χ2n) is 4.81. The van der Waals surface area contributed by atoms with Crippen LogP contribution in [-0.2, 0) is 4.74 Å². The molecular weight excluding hydrogens is 190 g/mol. The van der Waals surface area contributed by atoms with Crippen LogP contribution in [-0.4, -0.2) is 48.7 Å². The topological polar surface area (TPSA) is 36.9 Å². The van der Waals surface area contributed by atoms with Gasteiger partial charge in [-0.15, -0.1) is 0 Å². The van der Waals surface area contributed by atoms with Gasteiger partial charge in [-0.25, -0.2) is 0 Å². The quantitative estimate of drug-likeness (QED) is 0.686. The maximum atomic E-state index is 5.81. The molecular formula is C11H19N3O. The standard InChI is InChI=1S/C11H19N3O/c1-8-7-14-9(10-3-2-6-15-10)4-5-12-11(14)13-8/h8-10H,2-7H2,1H3,(H,12,13). The summed E-state index contributed by atoms with van der Waals surface area (Å²) in [6.07, 6.45) is 4.05. The number of rotatable bonds is 1. The Labute approximate surface area is 90.7 Å². The fourth-order valence-electron chi connectivity index (χ4n) is 2.91. The molecule has 0 aliphatic carbocycles. The van der Waals surface area contributed by atoms with Crippen LogP contribution in [0.25, 0.3) is 0 Å². The molecule has 3 heterocycles. The second kappa shape index (κ2) is 3.67. The van der Waals surface area contributed by atoms with Gasteiger partial charge in [0.05, 0.1) is 12.1 Å². The van der Waals surface area contributed by atoms with Gasteiger partial charge in [0.2, 0.25) is 0 Å². The summed E-state index contributed by atoms with van der Waals surface area (Å²) in [4.78, 5) is 6.96. The molecule has 2 fully saturated rings. The van der Waals surface area contributed by atoms with Gasteiger partial charge in [0.15, 0.2) is 5.96 Å². The summed E-state index contributed by atoms with van der Waals surface area (Å²) in [6, 6.07) is 1.10. The number of ether oxygens (including phenoxy) is 1. The summed E-state index contributed by atoms with van der Waals surface area (Å²) in [7, 11) is 0. The zero-order valence-corrected chi connectivity index (χ0v) is 9.28. The minimum absolute atomic E-state index is 0.447. The van der Waals surface area contributed by atoms with Gasteiger partial charge in [-0.2, -0.15) is 0 Å². The molecule has 3 aliphatic rings. The number of guanidine groups is 1. The van der Waals surface area contributed by atoms with Gasteiger partial charge >= 0.3 is 0 Å². The van der Waals surface area contributed by atoms with E-state index in [1.54, 1.807) is 0 Å². The van der Waals surface area contributed by atoms with Crippen molar-refractivity contribution in [3.63, 3.8) is 0 Å². The van der Waals surface area contributed by atoms with Crippen LogP contribution in [0.15, 0.2) is 4.99 Å². The van der Waals surface area contributed by atoms with Crippen molar-refractivity contribution in [2.24, 2.45) is 4.99 Å². The third kappa shape index (κ3) is 1.61. The van der Waals surface area contributed by atoms with Crippen LogP contribution in [0.2, 0.25) is 0 Å². The Morgan fingerprint density at radius 2 is 2.40 bits per heavy atom. The summed E-state index contributed by atoms with van der Waals surface area (Å²) in [5.41, 5.74) is 0. The molecule has 4 heteroatoms. The minimum Gasteiger partial charge on any atom is -0.376 e. The first-order chi connectivity index (χ1) is 7.34. The molecule has 84 valence electrons. The van der Waals surface area contributed by atoms with Gasteiger partial charge in [0.1, 0.15) is 0 Å². The first kappa shape index (κ1) is 9.46. The molecule has 2 saturated heterocycles. The average Bonchev–Trinajstić information content (AvgIpc) is 2.82. The van der Waals surface area contributed by atoms with Crippen molar-refractivity contribution < 1.29 is 4.74 Å². The van der Waals surface area contributed by atoms with Gasteiger partial charge in [-0.05, 0) is 26.2 Å². The SMILES string of the molecule is CC1CN2C(=NCCC2C2CCCO2)N1. The third-order valence-corrected chi connectivity index (χ3v) is 3.60. The fourth-order valence-corrected chi connectivity index (χ4v) is 2.91. The van der Waals surface area contributed by atoms with Crippen LogP contribution < -0.4 is 5.32 Å². The number of hydrogen-bond acceptors (Lipinski definition) is 4. The Kier molecular flexibility index (Phi) is 2.31. The predicted molar refractivity (Wildman–Crippen MR) is 59.0 cm³/mol. The lowest BCUT2D eigenvalue weighted by molar-refractivity contribution is 0.0456. The molecule has 1 N–H and O–H groups in total. The molecule has 0 saturated carbocycles. The molecule has 0 aromatic heterocycles. The number of nitrogens with zero attached hydrogens (tertiary/aromatic N) is 2. The molecule has 0 radical (unpaired) electrons. The van der Waals surface area contributed by atoms with E-state index in [9.17, 15) is 0 Å². The lowest BCUT2D eigenvalue weighted by Crippen LogP contribution is -2.48. The lowest BCUT2D eigenvalue weighted by Gasteiger charge is -2.35. The van der Waals surface area contributed by atoms with Crippen LogP contribution in [0.1, 0.15) is 26.2 Å². The van der Waals surface area contributed by atoms with Gasteiger partial charge in [0, 0.05) is 25.7 Å². The molecule has 3 atom stereocenters. The Balaban J connectivity index is 1.76. The van der Waals surface area contributed by atoms with E-state index in [-0.39, 0.29) is 0 Å². The zero-order valence-electron chi connectivity index (χ0n) is 9.28. The van der Waals surface area contributed by atoms with Crippen molar-refractivity contribution >= 4 is 5.96 Å². The molecule has 3 aliphatic heterocycles. The smallest absolute Gasteiger partial charge is 0.194 e. The maximum Gasteiger partial charge on any atom is 0.194 e. The average molecular weight is 209 g/mol. The van der Waals surface area contributed by atoms with Gasteiger partial charge < -0.3 is 15.0 Å². The number of aliphatic imine (C=N–C) groups is 1. The first-order valence-electron chi connectivity index (χ1n) is 6.04. The minimum atomic E-state index is 0.447. The summed E-state index contributed by atoms with van der Waals surface area (Å²) >= 11 is 0. The maximum absolute atomic E-state index is 5.81. The Hall–Kier alpha value is -0.770. The normalized spacial score (nSPS) is 39.9. The highest BCUT2D eigenvalue weighted by Gasteiger charge is 2.38. The van der Waals surface area contributed by atoms with Crippen LogP contribution in [0.5, 0.6) is 0 Å². The number of hydrogen-bond donors (Lipinski definition) is 1. The summed E-state index contributed by atoms with van der Waals surface area (Å²) in [5.74, 6) is 1.11. The monoisotopic (exact) mass is 209 g/mol. The second-order valence-corrected chi connectivity index (χ2v) is 4.81. The van der Waals surface area contributed by atoms with Crippen molar-refractivity contribution in [2.75, 3.05) is 19.7 Å². The zero-order chi connectivity index (χ0) is 10.3. The highest BCUT2D eigenvalue weighted by molar-refractivity contribution is 5.83. The van der Waals surface area contributed by atoms with Crippen LogP contribution in [0, 0.1) is 0 Å². The molecule has 4 nitrogen and oxygen atoms in total. The molecule has 0 spiro atoms. The highest BCUT2D eigenvalue weighted by Crippen LogP contribution is 2.26. The van der Waals surface area contributed by atoms with E-state index in [2.05, 4.69) is 22.1 Å². The molecule has 0 bridgehead atoms. The summed E-state index contributed by atoms with van der Waals surface area (Å²) < 4.78 is 5.81. The highest BCUT2D eigenvalue weighted by atomic mass is 16.5. The van der Waals surface area contributed by atoms with Crippen molar-refractivity contribution in [3.8, 4) is 0 Å². The van der Waals surface area contributed by atoms with Crippen molar-refractivity contribution in [3.05, 3.63) is 0 Å². The van der Waals surface area contributed by atoms with E-state index < -0.39 is 0 Å². The largest absolute Gasteiger partial charge is 0.376 e. The first-order valence-corrected chi connectivity index (χ1v) is 6.04. The van der Waals surface area contributed by atoms with Crippen LogP contribution in [0.4, 0.5) is 0 Å². The summed E-state index contributed by atoms with van der Waals surface area (Å²) in [5, 5.41) is 3.43. The fraction of sp³-hybridized carbons (Fsp3) is 0.909. The molecule has 0 amide bonds. The van der Waals surface area contributed by atoms with E-state index in [0.717, 1.165) is 32.1 Å². The van der Waals surface area contributed by atoms with Gasteiger partial charge in [-0.1, -0.05) is 0 Å². The molecule has 3 rings (SSSR count). The van der Waals surface area contributed by atoms with Crippen molar-refractivity contribution in [1.82, 2.24) is 10.2 Å². The lowest BCUT2D eigenvalue weighted by atomic mass is 10.0. The Morgan fingerprint density at radius 1 is 1.47 bits per heavy atom. The van der Waals surface area contributed by atoms with Gasteiger partial charge in [0.25, 0.3) is 0 Å². The third-order valence-electron chi connectivity index (χ3n) is 3.60. The van der Waals surface area contributed by atoms with E-state index >= 15 is 0 Å². The van der Waals surface area contributed by atoms with Crippen LogP contribution >= 0.6 is 0 Å². The van der Waals surface area contributed by atoms with E-state index in [0.29, 0.717) is 18.2 Å². The molecule has 15 heavy (non-hydrogen) atoms. The Bertz CT molecular complexity index is 273.